The summed E-state index contributed by atoms with van der Waals surface area (Å²) in [4.78, 5) is 13.5. The van der Waals surface area contributed by atoms with Crippen LogP contribution in [0.5, 0.6) is 0 Å². The van der Waals surface area contributed by atoms with Gasteiger partial charge in [0, 0.05) is 18.0 Å². The summed E-state index contributed by atoms with van der Waals surface area (Å²) < 4.78 is 5.31. The first-order valence-electron chi connectivity index (χ1n) is 5.48. The molecule has 1 amide bonds. The van der Waals surface area contributed by atoms with Gasteiger partial charge in [0.1, 0.15) is 5.60 Å². The molecular weight excluding hydrogens is 194 g/mol. The molecule has 1 aliphatic heterocycles. The molecule has 15 heavy (non-hydrogen) atoms. The van der Waals surface area contributed by atoms with Crippen molar-refractivity contribution in [2.45, 2.75) is 45.3 Å². The highest BCUT2D eigenvalue weighted by Gasteiger charge is 2.62. The number of ether oxygens (including phenoxy) is 1. The number of piperidine rings is 1. The maximum atomic E-state index is 11.8. The second-order valence-electron chi connectivity index (χ2n) is 5.66. The summed E-state index contributed by atoms with van der Waals surface area (Å²) in [7, 11) is 0. The first-order chi connectivity index (χ1) is 6.88. The Bertz CT molecular complexity index is 284. The van der Waals surface area contributed by atoms with E-state index in [9.17, 15) is 9.90 Å². The van der Waals surface area contributed by atoms with Gasteiger partial charge in [0.05, 0.1) is 6.61 Å². The molecule has 1 heterocycles. The molecule has 2 aliphatic rings. The van der Waals surface area contributed by atoms with Crippen molar-refractivity contribution < 1.29 is 14.6 Å². The summed E-state index contributed by atoms with van der Waals surface area (Å²) in [5.41, 5.74) is -0.423. The number of carbonyl (C=O) groups excluding carboxylic acids is 1. The van der Waals surface area contributed by atoms with E-state index in [-0.39, 0.29) is 24.2 Å². The molecule has 1 N–H and O–H groups in total. The van der Waals surface area contributed by atoms with E-state index in [4.69, 9.17) is 4.74 Å². The summed E-state index contributed by atoms with van der Waals surface area (Å²) in [6, 6.07) is 0.220. The lowest BCUT2D eigenvalue weighted by Gasteiger charge is -2.25. The van der Waals surface area contributed by atoms with Gasteiger partial charge in [-0.25, -0.2) is 4.79 Å². The van der Waals surface area contributed by atoms with Crippen LogP contribution in [-0.2, 0) is 4.74 Å². The lowest BCUT2D eigenvalue weighted by atomic mass is 10.1. The van der Waals surface area contributed by atoms with Crippen molar-refractivity contribution in [3.8, 4) is 0 Å². The molecule has 4 nitrogen and oxygen atoms in total. The highest BCUT2D eigenvalue weighted by Crippen LogP contribution is 2.56. The van der Waals surface area contributed by atoms with Crippen LogP contribution in [0.25, 0.3) is 0 Å². The molecule has 0 radical (unpaired) electrons. The number of likely N-dealkylation sites (tertiary alicyclic amines) is 1. The number of carbonyl (C=O) groups is 1. The third-order valence-corrected chi connectivity index (χ3v) is 3.32. The molecule has 1 saturated heterocycles. The lowest BCUT2D eigenvalue weighted by Crippen LogP contribution is -2.36. The van der Waals surface area contributed by atoms with Crippen LogP contribution < -0.4 is 0 Å². The van der Waals surface area contributed by atoms with Crippen LogP contribution in [-0.4, -0.2) is 40.9 Å². The molecule has 0 spiro atoms. The van der Waals surface area contributed by atoms with Crippen LogP contribution in [0.2, 0.25) is 0 Å². The Morgan fingerprint density at radius 2 is 2.27 bits per heavy atom. The third kappa shape index (κ3) is 1.83. The maximum Gasteiger partial charge on any atom is 0.410 e. The van der Waals surface area contributed by atoms with Gasteiger partial charge in [-0.2, -0.15) is 0 Å². The summed E-state index contributed by atoms with van der Waals surface area (Å²) >= 11 is 0. The first kappa shape index (κ1) is 10.7. The monoisotopic (exact) mass is 213 g/mol. The van der Waals surface area contributed by atoms with Crippen LogP contribution >= 0.6 is 0 Å². The van der Waals surface area contributed by atoms with Crippen molar-refractivity contribution in [3.05, 3.63) is 0 Å². The Kier molecular flexibility index (Phi) is 2.23. The Labute approximate surface area is 90.2 Å². The Hall–Kier alpha value is -0.770. The third-order valence-electron chi connectivity index (χ3n) is 3.32. The molecule has 4 heteroatoms. The lowest BCUT2D eigenvalue weighted by molar-refractivity contribution is 0.0261. The van der Waals surface area contributed by atoms with E-state index in [1.54, 1.807) is 4.90 Å². The van der Waals surface area contributed by atoms with Gasteiger partial charge in [-0.15, -0.1) is 0 Å². The van der Waals surface area contributed by atoms with E-state index in [1.165, 1.54) is 0 Å². The van der Waals surface area contributed by atoms with E-state index >= 15 is 0 Å². The minimum Gasteiger partial charge on any atom is -0.444 e. The molecule has 0 bridgehead atoms. The van der Waals surface area contributed by atoms with Crippen LogP contribution in [0.15, 0.2) is 0 Å². The summed E-state index contributed by atoms with van der Waals surface area (Å²) in [6.07, 6.45) is 1.61. The fourth-order valence-electron chi connectivity index (χ4n) is 2.32. The van der Waals surface area contributed by atoms with E-state index in [0.717, 1.165) is 19.4 Å². The molecule has 0 aromatic heterocycles. The summed E-state index contributed by atoms with van der Waals surface area (Å²) in [6.45, 7) is 6.52. The molecule has 0 unspecified atom stereocenters. The zero-order chi connectivity index (χ0) is 11.3. The number of rotatable bonds is 1. The van der Waals surface area contributed by atoms with Crippen LogP contribution in [0, 0.1) is 5.41 Å². The Balaban J connectivity index is 1.95. The molecule has 1 saturated carbocycles. The Morgan fingerprint density at radius 1 is 1.60 bits per heavy atom. The highest BCUT2D eigenvalue weighted by molar-refractivity contribution is 5.70. The number of hydrogen-bond donors (Lipinski definition) is 1. The minimum atomic E-state index is -0.434. The smallest absolute Gasteiger partial charge is 0.410 e. The fourth-order valence-corrected chi connectivity index (χ4v) is 2.32. The van der Waals surface area contributed by atoms with Crippen LogP contribution in [0.1, 0.15) is 33.6 Å². The minimum absolute atomic E-state index is 0.0108. The van der Waals surface area contributed by atoms with Crippen molar-refractivity contribution in [3.63, 3.8) is 0 Å². The fraction of sp³-hybridized carbons (Fsp3) is 0.909. The molecule has 1 aliphatic carbocycles. The van der Waals surface area contributed by atoms with Gasteiger partial charge >= 0.3 is 6.09 Å². The second-order valence-corrected chi connectivity index (χ2v) is 5.66. The summed E-state index contributed by atoms with van der Waals surface area (Å²) in [5, 5.41) is 9.22. The molecule has 2 fully saturated rings. The SMILES string of the molecule is CC(C)(C)OC(=O)N1CC[C@@]2(CO)C[C@@H]12. The average Bonchev–Trinajstić information content (AvgIpc) is 2.70. The van der Waals surface area contributed by atoms with E-state index < -0.39 is 5.60 Å². The zero-order valence-electron chi connectivity index (χ0n) is 9.62. The van der Waals surface area contributed by atoms with E-state index in [1.807, 2.05) is 20.8 Å². The van der Waals surface area contributed by atoms with E-state index in [2.05, 4.69) is 0 Å². The average molecular weight is 213 g/mol. The predicted octanol–water partition coefficient (Wildman–Crippen LogP) is 1.38. The number of nitrogens with zero attached hydrogens (tertiary/aromatic N) is 1. The van der Waals surface area contributed by atoms with Crippen molar-refractivity contribution >= 4 is 6.09 Å². The number of fused-ring (bicyclic) bond motifs is 1. The normalized spacial score (nSPS) is 33.9. The molecular formula is C11H19NO3. The van der Waals surface area contributed by atoms with Gasteiger partial charge < -0.3 is 14.7 Å². The topological polar surface area (TPSA) is 49.8 Å². The molecule has 86 valence electrons. The van der Waals surface area contributed by atoms with Crippen molar-refractivity contribution in [1.82, 2.24) is 4.90 Å². The zero-order valence-corrected chi connectivity index (χ0v) is 9.62. The molecule has 2 atom stereocenters. The van der Waals surface area contributed by atoms with E-state index in [0.29, 0.717) is 0 Å². The standard InChI is InChI=1S/C11H19NO3/c1-10(2,3)15-9(14)12-5-4-11(7-13)6-8(11)12/h8,13H,4-7H2,1-3H3/t8-,11+/m1/s1. The number of amides is 1. The Morgan fingerprint density at radius 3 is 2.67 bits per heavy atom. The molecule has 0 aromatic carbocycles. The van der Waals surface area contributed by atoms with Gasteiger partial charge in [0.2, 0.25) is 0 Å². The van der Waals surface area contributed by atoms with Gasteiger partial charge in [-0.05, 0) is 33.6 Å². The molecule has 0 aromatic rings. The van der Waals surface area contributed by atoms with Crippen molar-refractivity contribution in [2.24, 2.45) is 5.41 Å². The van der Waals surface area contributed by atoms with Gasteiger partial charge in [-0.1, -0.05) is 0 Å². The quantitative estimate of drug-likeness (QED) is 0.716. The first-order valence-corrected chi connectivity index (χ1v) is 5.48. The largest absolute Gasteiger partial charge is 0.444 e. The van der Waals surface area contributed by atoms with Gasteiger partial charge in [-0.3, -0.25) is 0 Å². The van der Waals surface area contributed by atoms with Gasteiger partial charge in [0.25, 0.3) is 0 Å². The van der Waals surface area contributed by atoms with Crippen molar-refractivity contribution in [2.75, 3.05) is 13.2 Å². The predicted molar refractivity (Wildman–Crippen MR) is 55.5 cm³/mol. The van der Waals surface area contributed by atoms with Crippen molar-refractivity contribution in [1.29, 1.82) is 0 Å². The van der Waals surface area contributed by atoms with Crippen LogP contribution in [0.3, 0.4) is 0 Å². The number of hydrogen-bond acceptors (Lipinski definition) is 3. The van der Waals surface area contributed by atoms with Crippen LogP contribution in [0.4, 0.5) is 4.79 Å². The summed E-state index contributed by atoms with van der Waals surface area (Å²) in [5.74, 6) is 0. The number of aliphatic hydroxyl groups excluding tert-OH is 1. The maximum absolute atomic E-state index is 11.8. The van der Waals surface area contributed by atoms with Gasteiger partial charge in [0.15, 0.2) is 0 Å². The number of aliphatic hydroxyl groups is 1. The highest BCUT2D eigenvalue weighted by atomic mass is 16.6. The molecule has 2 rings (SSSR count). The second kappa shape index (κ2) is 3.11.